The summed E-state index contributed by atoms with van der Waals surface area (Å²) in [5, 5.41) is 0. The molecule has 0 N–H and O–H groups in total. The van der Waals surface area contributed by atoms with Gasteiger partial charge in [0.1, 0.15) is 0 Å². The molecule has 0 aromatic carbocycles. The molecule has 1 heterocycles. The molecule has 1 aliphatic heterocycles. The average molecular weight is 170 g/mol. The lowest BCUT2D eigenvalue weighted by molar-refractivity contribution is 0.0726. The van der Waals surface area contributed by atoms with Crippen LogP contribution >= 0.6 is 0 Å². The van der Waals surface area contributed by atoms with E-state index in [0.717, 1.165) is 18.0 Å². The van der Waals surface area contributed by atoms with Gasteiger partial charge in [0.05, 0.1) is 0 Å². The van der Waals surface area contributed by atoms with Gasteiger partial charge in [-0.3, -0.25) is 0 Å². The summed E-state index contributed by atoms with van der Waals surface area (Å²) >= 11 is 0. The van der Waals surface area contributed by atoms with Crippen LogP contribution in [0.25, 0.3) is 0 Å². The van der Waals surface area contributed by atoms with Crippen molar-refractivity contribution in [2.75, 3.05) is 27.7 Å². The summed E-state index contributed by atoms with van der Waals surface area (Å²) in [4.78, 5) is 4.83. The molecule has 2 unspecified atom stereocenters. The van der Waals surface area contributed by atoms with Crippen molar-refractivity contribution in [1.82, 2.24) is 9.80 Å². The van der Waals surface area contributed by atoms with Crippen molar-refractivity contribution in [2.45, 2.75) is 32.4 Å². The molecule has 12 heavy (non-hydrogen) atoms. The fraction of sp³-hybridized carbons (Fsp3) is 1.00. The lowest BCUT2D eigenvalue weighted by Gasteiger charge is -2.42. The first-order valence-electron chi connectivity index (χ1n) is 4.89. The molecule has 2 nitrogen and oxygen atoms in total. The van der Waals surface area contributed by atoms with Gasteiger partial charge >= 0.3 is 0 Å². The summed E-state index contributed by atoms with van der Waals surface area (Å²) in [5.74, 6) is 0.807. The zero-order valence-electron chi connectivity index (χ0n) is 9.04. The summed E-state index contributed by atoms with van der Waals surface area (Å²) in [5.41, 5.74) is 0. The van der Waals surface area contributed by atoms with Crippen LogP contribution < -0.4 is 0 Å². The minimum Gasteiger partial charge on any atom is -0.306 e. The van der Waals surface area contributed by atoms with Crippen LogP contribution in [0.4, 0.5) is 0 Å². The average Bonchev–Trinajstić information content (AvgIpc) is 1.96. The van der Waals surface area contributed by atoms with Crippen molar-refractivity contribution in [1.29, 1.82) is 0 Å². The van der Waals surface area contributed by atoms with Gasteiger partial charge in [0.25, 0.3) is 0 Å². The highest BCUT2D eigenvalue weighted by Gasteiger charge is 2.29. The van der Waals surface area contributed by atoms with E-state index in [1.807, 2.05) is 0 Å². The van der Waals surface area contributed by atoms with E-state index in [4.69, 9.17) is 0 Å². The number of piperidine rings is 1. The smallest absolute Gasteiger partial charge is 0.0142 e. The largest absolute Gasteiger partial charge is 0.306 e. The highest BCUT2D eigenvalue weighted by molar-refractivity contribution is 4.85. The Morgan fingerprint density at radius 3 is 2.33 bits per heavy atom. The lowest BCUT2D eigenvalue weighted by Crippen LogP contribution is -2.50. The molecule has 2 heteroatoms. The number of rotatable bonds is 1. The Morgan fingerprint density at radius 1 is 1.25 bits per heavy atom. The van der Waals surface area contributed by atoms with Crippen LogP contribution in [0, 0.1) is 5.92 Å². The summed E-state index contributed by atoms with van der Waals surface area (Å²) in [6, 6.07) is 1.52. The predicted molar refractivity (Wildman–Crippen MR) is 53.3 cm³/mol. The minimum absolute atomic E-state index is 0.744. The van der Waals surface area contributed by atoms with Crippen molar-refractivity contribution in [3.8, 4) is 0 Å². The third-order valence-electron chi connectivity index (χ3n) is 3.23. The van der Waals surface area contributed by atoms with Gasteiger partial charge in [0, 0.05) is 18.6 Å². The summed E-state index contributed by atoms with van der Waals surface area (Å²) in [6.07, 6.45) is 1.31. The Balaban J connectivity index is 2.55. The Bertz CT molecular complexity index is 145. The van der Waals surface area contributed by atoms with Gasteiger partial charge in [-0.15, -0.1) is 0 Å². The molecular formula is C10H22N2. The standard InChI is InChI=1S/C10H22N2/c1-8-7-12(5)9(2)6-10(8)11(3)4/h8-10H,6-7H2,1-5H3/t8?,9-,10?/m0/s1. The van der Waals surface area contributed by atoms with Gasteiger partial charge in [-0.2, -0.15) is 0 Å². The highest BCUT2D eigenvalue weighted by Crippen LogP contribution is 2.23. The Kier molecular flexibility index (Phi) is 3.13. The van der Waals surface area contributed by atoms with E-state index in [1.54, 1.807) is 0 Å². The number of hydrogen-bond donors (Lipinski definition) is 0. The van der Waals surface area contributed by atoms with Crippen molar-refractivity contribution in [2.24, 2.45) is 5.92 Å². The van der Waals surface area contributed by atoms with E-state index in [2.05, 4.69) is 44.8 Å². The van der Waals surface area contributed by atoms with Gasteiger partial charge < -0.3 is 9.80 Å². The maximum absolute atomic E-state index is 2.46. The predicted octanol–water partition coefficient (Wildman–Crippen LogP) is 1.28. The fourth-order valence-corrected chi connectivity index (χ4v) is 2.24. The second-order valence-electron chi connectivity index (χ2n) is 4.53. The monoisotopic (exact) mass is 170 g/mol. The molecule has 1 aliphatic rings. The highest BCUT2D eigenvalue weighted by atomic mass is 15.2. The zero-order valence-corrected chi connectivity index (χ0v) is 9.04. The van der Waals surface area contributed by atoms with Gasteiger partial charge in [-0.05, 0) is 40.4 Å². The normalized spacial score (nSPS) is 39.0. The second-order valence-corrected chi connectivity index (χ2v) is 4.53. The second kappa shape index (κ2) is 3.75. The maximum atomic E-state index is 2.46. The first-order valence-corrected chi connectivity index (χ1v) is 4.89. The maximum Gasteiger partial charge on any atom is 0.0142 e. The van der Waals surface area contributed by atoms with Gasteiger partial charge in [-0.25, -0.2) is 0 Å². The molecule has 0 aromatic heterocycles. The lowest BCUT2D eigenvalue weighted by atomic mass is 9.89. The number of nitrogens with zero attached hydrogens (tertiary/aromatic N) is 2. The van der Waals surface area contributed by atoms with E-state index < -0.39 is 0 Å². The molecule has 0 radical (unpaired) electrons. The molecule has 0 amide bonds. The third-order valence-corrected chi connectivity index (χ3v) is 3.23. The topological polar surface area (TPSA) is 6.48 Å². The van der Waals surface area contributed by atoms with Gasteiger partial charge in [0.2, 0.25) is 0 Å². The molecule has 0 aliphatic carbocycles. The van der Waals surface area contributed by atoms with Crippen LogP contribution in [0.5, 0.6) is 0 Å². The summed E-state index contributed by atoms with van der Waals surface area (Å²) < 4.78 is 0. The van der Waals surface area contributed by atoms with E-state index in [0.29, 0.717) is 0 Å². The molecule has 1 saturated heterocycles. The van der Waals surface area contributed by atoms with Crippen LogP contribution in [0.15, 0.2) is 0 Å². The van der Waals surface area contributed by atoms with Crippen LogP contribution in [0.3, 0.4) is 0 Å². The SMILES string of the molecule is CC1CN(C)[C@@H](C)CC1N(C)C. The fourth-order valence-electron chi connectivity index (χ4n) is 2.24. The molecule has 3 atom stereocenters. The summed E-state index contributed by atoms with van der Waals surface area (Å²) in [6.45, 7) is 5.92. The molecule has 1 fully saturated rings. The van der Waals surface area contributed by atoms with E-state index in [9.17, 15) is 0 Å². The molecule has 0 spiro atoms. The minimum atomic E-state index is 0.744. The summed E-state index contributed by atoms with van der Waals surface area (Å²) in [7, 11) is 6.62. The van der Waals surface area contributed by atoms with Gasteiger partial charge in [0.15, 0.2) is 0 Å². The van der Waals surface area contributed by atoms with Crippen LogP contribution in [-0.2, 0) is 0 Å². The molecule has 0 aromatic rings. The molecular weight excluding hydrogens is 148 g/mol. The molecule has 0 bridgehead atoms. The third kappa shape index (κ3) is 1.99. The van der Waals surface area contributed by atoms with Gasteiger partial charge in [-0.1, -0.05) is 6.92 Å². The van der Waals surface area contributed by atoms with Crippen LogP contribution in [0.2, 0.25) is 0 Å². The zero-order chi connectivity index (χ0) is 9.30. The Hall–Kier alpha value is -0.0800. The van der Waals surface area contributed by atoms with E-state index >= 15 is 0 Å². The van der Waals surface area contributed by atoms with E-state index in [1.165, 1.54) is 13.0 Å². The van der Waals surface area contributed by atoms with Crippen LogP contribution in [-0.4, -0.2) is 49.6 Å². The Morgan fingerprint density at radius 2 is 1.83 bits per heavy atom. The van der Waals surface area contributed by atoms with Crippen molar-refractivity contribution < 1.29 is 0 Å². The quantitative estimate of drug-likeness (QED) is 0.585. The van der Waals surface area contributed by atoms with Crippen molar-refractivity contribution >= 4 is 0 Å². The Labute approximate surface area is 76.5 Å². The van der Waals surface area contributed by atoms with Crippen LogP contribution in [0.1, 0.15) is 20.3 Å². The molecule has 72 valence electrons. The molecule has 0 saturated carbocycles. The van der Waals surface area contributed by atoms with Crippen molar-refractivity contribution in [3.63, 3.8) is 0 Å². The van der Waals surface area contributed by atoms with Crippen molar-refractivity contribution in [3.05, 3.63) is 0 Å². The number of hydrogen-bond acceptors (Lipinski definition) is 2. The number of likely N-dealkylation sites (tertiary alicyclic amines) is 1. The first-order chi connectivity index (χ1) is 5.52. The first kappa shape index (κ1) is 10.0. The molecule has 1 rings (SSSR count). The van der Waals surface area contributed by atoms with E-state index in [-0.39, 0.29) is 0 Å².